The van der Waals surface area contributed by atoms with Gasteiger partial charge in [-0.3, -0.25) is 9.97 Å². The molecule has 0 aliphatic carbocycles. The number of nitrogens with zero attached hydrogens (tertiary/aromatic N) is 8. The van der Waals surface area contributed by atoms with Crippen LogP contribution in [0.2, 0.25) is 0 Å². The molecule has 12 nitrogen and oxygen atoms in total. The van der Waals surface area contributed by atoms with Gasteiger partial charge in [-0.25, -0.2) is 19.0 Å². The number of benzene rings is 4. The molecule has 2 fully saturated rings. The number of fused-ring (bicyclic) bond motifs is 4. The summed E-state index contributed by atoms with van der Waals surface area (Å²) in [6.07, 6.45) is 18.7. The molecule has 10 aromatic rings. The molecule has 12 heteroatoms. The van der Waals surface area contributed by atoms with E-state index in [2.05, 4.69) is 79.3 Å². The molecule has 0 atom stereocenters. The second-order valence-corrected chi connectivity index (χ2v) is 17.0. The first-order valence-corrected chi connectivity index (χ1v) is 22.2. The van der Waals surface area contributed by atoms with Crippen LogP contribution < -0.4 is 10.6 Å². The summed E-state index contributed by atoms with van der Waals surface area (Å²) >= 11 is 0. The Bertz CT molecular complexity index is 3290. The minimum Gasteiger partial charge on any atom is -0.385 e. The van der Waals surface area contributed by atoms with Gasteiger partial charge in [0.05, 0.1) is 34.6 Å². The Morgan fingerprint density at radius 2 is 0.954 bits per heavy atom. The molecule has 2 aliphatic heterocycles. The fraction of sp³-hybridized carbons (Fsp3) is 0.208. The van der Waals surface area contributed by atoms with Crippen molar-refractivity contribution in [1.29, 1.82) is 0 Å². The molecule has 0 radical (unpaired) electrons. The molecule has 4 aromatic carbocycles. The number of methoxy groups -OCH3 is 1. The van der Waals surface area contributed by atoms with Crippen LogP contribution in [-0.4, -0.2) is 77.6 Å². The molecular weight excluding hydrogens is 809 g/mol. The maximum Gasteiger partial charge on any atom is 0.162 e. The monoisotopic (exact) mass is 856 g/mol. The SMILES string of the molecule is COC1(c2ccc(-c3cnc4c(-c5ccnc6ccccc56)cnn4c3)cc2)CCNCC1.OC1(c2ccc(-c3cnc4c(-c5ccnc6ccccc56)cnn4c3)cc2)CCNCC1. The van der Waals surface area contributed by atoms with Gasteiger partial charge in [0, 0.05) is 77.3 Å². The molecule has 3 N–H and O–H groups in total. The van der Waals surface area contributed by atoms with E-state index < -0.39 is 5.60 Å². The van der Waals surface area contributed by atoms with Gasteiger partial charge in [-0.15, -0.1) is 0 Å². The number of hydrogen-bond acceptors (Lipinski definition) is 10. The number of piperidine rings is 2. The van der Waals surface area contributed by atoms with E-state index in [1.54, 1.807) is 0 Å². The summed E-state index contributed by atoms with van der Waals surface area (Å²) in [6.45, 7) is 3.63. The molecule has 2 saturated heterocycles. The van der Waals surface area contributed by atoms with E-state index in [-0.39, 0.29) is 5.60 Å². The molecule has 0 bridgehead atoms. The van der Waals surface area contributed by atoms with Crippen molar-refractivity contribution in [3.8, 4) is 44.5 Å². The van der Waals surface area contributed by atoms with Crippen molar-refractivity contribution in [2.45, 2.75) is 36.9 Å². The minimum atomic E-state index is -0.740. The first kappa shape index (κ1) is 40.5. The Morgan fingerprint density at radius 3 is 1.45 bits per heavy atom. The third kappa shape index (κ3) is 7.60. The Kier molecular flexibility index (Phi) is 10.6. The van der Waals surface area contributed by atoms with Crippen molar-refractivity contribution in [1.82, 2.24) is 49.8 Å². The molecule has 12 rings (SSSR count). The predicted octanol–water partition coefficient (Wildman–Crippen LogP) is 9.02. The third-order valence-corrected chi connectivity index (χ3v) is 13.3. The van der Waals surface area contributed by atoms with Crippen molar-refractivity contribution < 1.29 is 9.84 Å². The molecule has 6 aromatic heterocycles. The van der Waals surface area contributed by atoms with Gasteiger partial charge in [0.1, 0.15) is 0 Å². The lowest BCUT2D eigenvalue weighted by molar-refractivity contribution is -0.0391. The van der Waals surface area contributed by atoms with E-state index in [1.807, 2.05) is 126 Å². The molecule has 0 amide bonds. The lowest BCUT2D eigenvalue weighted by Gasteiger charge is -2.37. The average Bonchev–Trinajstić information content (AvgIpc) is 4.01. The maximum atomic E-state index is 11.0. The van der Waals surface area contributed by atoms with Gasteiger partial charge in [-0.2, -0.15) is 10.2 Å². The van der Waals surface area contributed by atoms with E-state index in [4.69, 9.17) is 14.7 Å². The van der Waals surface area contributed by atoms with Crippen LogP contribution in [0.25, 0.3) is 77.6 Å². The first-order valence-electron chi connectivity index (χ1n) is 22.2. The van der Waals surface area contributed by atoms with Gasteiger partial charge < -0.3 is 20.5 Å². The van der Waals surface area contributed by atoms with E-state index >= 15 is 0 Å². The Hall–Kier alpha value is -7.22. The summed E-state index contributed by atoms with van der Waals surface area (Å²) < 4.78 is 9.66. The highest BCUT2D eigenvalue weighted by atomic mass is 16.5. The molecular formula is C53H48N10O2. The van der Waals surface area contributed by atoms with Gasteiger partial charge in [0.2, 0.25) is 0 Å². The summed E-state index contributed by atoms with van der Waals surface area (Å²) in [5.74, 6) is 0. The Morgan fingerprint density at radius 1 is 0.492 bits per heavy atom. The summed E-state index contributed by atoms with van der Waals surface area (Å²) in [7, 11) is 1.82. The Labute approximate surface area is 376 Å². The number of aliphatic hydroxyl groups is 1. The lowest BCUT2D eigenvalue weighted by atomic mass is 9.84. The molecule has 0 unspecified atom stereocenters. The zero-order chi connectivity index (χ0) is 43.8. The summed E-state index contributed by atoms with van der Waals surface area (Å²) in [5, 5.41) is 29.1. The zero-order valence-corrected chi connectivity index (χ0v) is 36.1. The molecule has 0 spiro atoms. The normalized spacial score (nSPS) is 15.8. The number of nitrogens with one attached hydrogen (secondary N) is 2. The van der Waals surface area contributed by atoms with E-state index in [9.17, 15) is 5.11 Å². The second-order valence-electron chi connectivity index (χ2n) is 17.0. The predicted molar refractivity (Wildman–Crippen MR) is 255 cm³/mol. The van der Waals surface area contributed by atoms with E-state index in [0.29, 0.717) is 0 Å². The highest BCUT2D eigenvalue weighted by Gasteiger charge is 2.34. The molecule has 0 saturated carbocycles. The Balaban J connectivity index is 0.000000144. The number of rotatable bonds is 7. The smallest absolute Gasteiger partial charge is 0.162 e. The maximum absolute atomic E-state index is 11.0. The van der Waals surface area contributed by atoms with Crippen LogP contribution in [0.3, 0.4) is 0 Å². The van der Waals surface area contributed by atoms with Crippen molar-refractivity contribution in [3.05, 3.63) is 170 Å². The van der Waals surface area contributed by atoms with Crippen LogP contribution in [0.1, 0.15) is 36.8 Å². The zero-order valence-electron chi connectivity index (χ0n) is 36.1. The summed E-state index contributed by atoms with van der Waals surface area (Å²) in [5.41, 5.74) is 13.2. The van der Waals surface area contributed by atoms with Gasteiger partial charge in [-0.1, -0.05) is 84.9 Å². The van der Waals surface area contributed by atoms with Crippen molar-refractivity contribution >= 4 is 33.1 Å². The standard InChI is InChI=1S/C27H25N5O.C26H23N5O/c1-33-27(11-14-28-15-12-27)21-8-6-19(7-9-21)20-16-30-26-24(17-31-32(26)18-20)22-10-13-29-25-5-3-2-4-23(22)25;32-26(10-13-27-14-11-26)20-7-5-18(6-8-20)19-15-29-25-23(16-30-31(25)17-19)21-9-12-28-24-4-2-1-3-22(21)24/h2-10,13,16-18,28H,11-12,14-15H2,1H3;1-9,12,15-17,27,32H,10-11,13-14H2. The quantitative estimate of drug-likeness (QED) is 0.142. The highest BCUT2D eigenvalue weighted by Crippen LogP contribution is 2.37. The number of ether oxygens (including phenoxy) is 1. The lowest BCUT2D eigenvalue weighted by Crippen LogP contribution is -2.41. The van der Waals surface area contributed by atoms with Crippen LogP contribution in [0.5, 0.6) is 0 Å². The highest BCUT2D eigenvalue weighted by molar-refractivity contribution is 5.98. The average molecular weight is 857 g/mol. The number of pyridine rings is 2. The molecule has 2 aliphatic rings. The van der Waals surface area contributed by atoms with Gasteiger partial charge >= 0.3 is 0 Å². The fourth-order valence-electron chi connectivity index (χ4n) is 9.60. The number of aromatic nitrogens is 8. The van der Waals surface area contributed by atoms with E-state index in [1.165, 1.54) is 5.56 Å². The second kappa shape index (κ2) is 17.1. The summed E-state index contributed by atoms with van der Waals surface area (Å²) in [6, 6.07) is 37.2. The summed E-state index contributed by atoms with van der Waals surface area (Å²) in [4.78, 5) is 18.5. The van der Waals surface area contributed by atoms with Crippen LogP contribution in [0.4, 0.5) is 0 Å². The topological polar surface area (TPSA) is 140 Å². The number of para-hydroxylation sites is 2. The molecule has 8 heterocycles. The number of hydrogen-bond donors (Lipinski definition) is 3. The van der Waals surface area contributed by atoms with Crippen LogP contribution in [0.15, 0.2) is 159 Å². The van der Waals surface area contributed by atoms with Gasteiger partial charge in [0.25, 0.3) is 0 Å². The van der Waals surface area contributed by atoms with Gasteiger partial charge in [0.15, 0.2) is 11.3 Å². The van der Waals surface area contributed by atoms with Crippen molar-refractivity contribution in [2.75, 3.05) is 33.3 Å². The van der Waals surface area contributed by atoms with Gasteiger partial charge in [-0.05, 0) is 110 Å². The van der Waals surface area contributed by atoms with Crippen molar-refractivity contribution in [2.24, 2.45) is 0 Å². The van der Waals surface area contributed by atoms with Crippen LogP contribution >= 0.6 is 0 Å². The largest absolute Gasteiger partial charge is 0.385 e. The fourth-order valence-corrected chi connectivity index (χ4v) is 9.60. The van der Waals surface area contributed by atoms with E-state index in [0.717, 1.165) is 135 Å². The van der Waals surface area contributed by atoms with Crippen molar-refractivity contribution in [3.63, 3.8) is 0 Å². The van der Waals surface area contributed by atoms with Crippen LogP contribution in [-0.2, 0) is 15.9 Å². The molecule has 322 valence electrons. The molecule has 65 heavy (non-hydrogen) atoms. The minimum absolute atomic E-state index is 0.198. The van der Waals surface area contributed by atoms with Crippen LogP contribution in [0, 0.1) is 0 Å². The third-order valence-electron chi connectivity index (χ3n) is 13.3. The first-order chi connectivity index (χ1) is 32.0.